The van der Waals surface area contributed by atoms with Crippen molar-refractivity contribution in [2.75, 3.05) is 5.32 Å². The van der Waals surface area contributed by atoms with Gasteiger partial charge in [0.2, 0.25) is 0 Å². The largest absolute Gasteiger partial charge is 0.381 e. The number of nitrogens with one attached hydrogen (secondary N) is 1. The zero-order valence-corrected chi connectivity index (χ0v) is 10.9. The van der Waals surface area contributed by atoms with Crippen LogP contribution in [0.5, 0.6) is 0 Å². The molecule has 0 atom stereocenters. The van der Waals surface area contributed by atoms with Gasteiger partial charge in [-0.15, -0.1) is 0 Å². The van der Waals surface area contributed by atoms with Crippen molar-refractivity contribution in [1.82, 2.24) is 0 Å². The van der Waals surface area contributed by atoms with Crippen molar-refractivity contribution in [2.24, 2.45) is 0 Å². The van der Waals surface area contributed by atoms with E-state index < -0.39 is 5.82 Å². The Morgan fingerprint density at radius 3 is 2.55 bits per heavy atom. The first kappa shape index (κ1) is 13.6. The lowest BCUT2D eigenvalue weighted by Gasteiger charge is -2.09. The molecule has 0 radical (unpaired) electrons. The van der Waals surface area contributed by atoms with Gasteiger partial charge in [0.25, 0.3) is 0 Å². The number of nitrogens with zero attached hydrogens (tertiary/aromatic N) is 2. The molecule has 2 aromatic rings. The fraction of sp³-hybridized carbons (Fsp3) is 0.125. The normalized spacial score (nSPS) is 9.60. The van der Waals surface area contributed by atoms with Crippen molar-refractivity contribution in [3.63, 3.8) is 0 Å². The Morgan fingerprint density at radius 1 is 1.10 bits per heavy atom. The highest BCUT2D eigenvalue weighted by Gasteiger charge is 2.04. The summed E-state index contributed by atoms with van der Waals surface area (Å²) in [5, 5.41) is 20.7. The molecular weight excluding hydrogens is 253 g/mol. The predicted molar refractivity (Wildman–Crippen MR) is 74.3 cm³/mol. The van der Waals surface area contributed by atoms with Gasteiger partial charge >= 0.3 is 0 Å². The summed E-state index contributed by atoms with van der Waals surface area (Å²) in [4.78, 5) is 0. The van der Waals surface area contributed by atoms with Crippen LogP contribution in [0.4, 0.5) is 10.1 Å². The highest BCUT2D eigenvalue weighted by molar-refractivity contribution is 5.50. The van der Waals surface area contributed by atoms with Crippen LogP contribution in [0.3, 0.4) is 0 Å². The van der Waals surface area contributed by atoms with E-state index in [0.717, 1.165) is 11.1 Å². The summed E-state index contributed by atoms with van der Waals surface area (Å²) < 4.78 is 13.2. The Kier molecular flexibility index (Phi) is 3.98. The lowest BCUT2D eigenvalue weighted by atomic mass is 10.1. The van der Waals surface area contributed by atoms with E-state index in [2.05, 4.69) is 11.4 Å². The van der Waals surface area contributed by atoms with E-state index in [1.54, 1.807) is 12.1 Å². The number of aryl methyl sites for hydroxylation is 1. The Hall–Kier alpha value is -2.85. The molecule has 2 aromatic carbocycles. The number of benzene rings is 2. The van der Waals surface area contributed by atoms with Gasteiger partial charge in [0.05, 0.1) is 17.2 Å². The van der Waals surface area contributed by atoms with Crippen LogP contribution in [0, 0.1) is 35.4 Å². The molecule has 0 aliphatic heterocycles. The van der Waals surface area contributed by atoms with E-state index in [-0.39, 0.29) is 5.56 Å². The molecule has 1 N–H and O–H groups in total. The Bertz CT molecular complexity index is 723. The van der Waals surface area contributed by atoms with Gasteiger partial charge in [-0.2, -0.15) is 10.5 Å². The van der Waals surface area contributed by atoms with E-state index in [1.807, 2.05) is 25.1 Å². The summed E-state index contributed by atoms with van der Waals surface area (Å²) in [6, 6.07) is 13.7. The van der Waals surface area contributed by atoms with Gasteiger partial charge in [0, 0.05) is 12.2 Å². The zero-order chi connectivity index (χ0) is 14.5. The van der Waals surface area contributed by atoms with Gasteiger partial charge in [0.15, 0.2) is 0 Å². The highest BCUT2D eigenvalue weighted by atomic mass is 19.1. The molecule has 4 heteroatoms. The van der Waals surface area contributed by atoms with Crippen LogP contribution in [0.15, 0.2) is 36.4 Å². The molecule has 0 heterocycles. The van der Waals surface area contributed by atoms with E-state index in [0.29, 0.717) is 17.8 Å². The Labute approximate surface area is 116 Å². The Morgan fingerprint density at radius 2 is 1.90 bits per heavy atom. The maximum absolute atomic E-state index is 13.2. The minimum Gasteiger partial charge on any atom is -0.381 e. The number of hydrogen-bond acceptors (Lipinski definition) is 3. The fourth-order valence-electron chi connectivity index (χ4n) is 1.88. The first-order valence-corrected chi connectivity index (χ1v) is 6.07. The Balaban J connectivity index is 2.13. The second-order valence-corrected chi connectivity index (χ2v) is 4.41. The fourth-order valence-corrected chi connectivity index (χ4v) is 1.88. The third-order valence-corrected chi connectivity index (χ3v) is 3.04. The average Bonchev–Trinajstić information content (AvgIpc) is 2.47. The molecule has 0 fully saturated rings. The predicted octanol–water partition coefficient (Wildman–Crippen LogP) is 3.49. The van der Waals surface area contributed by atoms with Crippen LogP contribution >= 0.6 is 0 Å². The average molecular weight is 265 g/mol. The highest BCUT2D eigenvalue weighted by Crippen LogP contribution is 2.16. The van der Waals surface area contributed by atoms with E-state index >= 15 is 0 Å². The van der Waals surface area contributed by atoms with Crippen molar-refractivity contribution in [3.8, 4) is 12.1 Å². The molecule has 0 aliphatic carbocycles. The summed E-state index contributed by atoms with van der Waals surface area (Å²) in [6.45, 7) is 2.48. The summed E-state index contributed by atoms with van der Waals surface area (Å²) in [5.41, 5.74) is 3.39. The molecule has 0 aliphatic rings. The van der Waals surface area contributed by atoms with Gasteiger partial charge < -0.3 is 5.32 Å². The number of anilines is 1. The zero-order valence-electron chi connectivity index (χ0n) is 10.9. The monoisotopic (exact) mass is 265 g/mol. The maximum atomic E-state index is 13.2. The first-order valence-electron chi connectivity index (χ1n) is 6.07. The van der Waals surface area contributed by atoms with Crippen LogP contribution in [-0.2, 0) is 6.54 Å². The standard InChI is InChI=1S/C16H12FN3/c1-11-6-12(8-18)2-3-13(11)10-20-15-4-5-16(17)14(7-15)9-19/h2-7,20H,10H2,1H3. The number of halogens is 1. The van der Waals surface area contributed by atoms with Gasteiger partial charge in [-0.3, -0.25) is 0 Å². The van der Waals surface area contributed by atoms with Crippen molar-refractivity contribution in [2.45, 2.75) is 13.5 Å². The van der Waals surface area contributed by atoms with Gasteiger partial charge in [-0.05, 0) is 48.4 Å². The second-order valence-electron chi connectivity index (χ2n) is 4.41. The van der Waals surface area contributed by atoms with Crippen LogP contribution in [0.2, 0.25) is 0 Å². The first-order chi connectivity index (χ1) is 9.63. The molecule has 98 valence electrons. The smallest absolute Gasteiger partial charge is 0.141 e. The van der Waals surface area contributed by atoms with Crippen LogP contribution in [-0.4, -0.2) is 0 Å². The molecule has 0 saturated heterocycles. The van der Waals surface area contributed by atoms with E-state index in [1.165, 1.54) is 12.1 Å². The van der Waals surface area contributed by atoms with Crippen LogP contribution < -0.4 is 5.32 Å². The lowest BCUT2D eigenvalue weighted by molar-refractivity contribution is 0.624. The molecule has 0 unspecified atom stereocenters. The summed E-state index contributed by atoms with van der Waals surface area (Å²) in [6.07, 6.45) is 0. The summed E-state index contributed by atoms with van der Waals surface area (Å²) >= 11 is 0. The third kappa shape index (κ3) is 2.93. The van der Waals surface area contributed by atoms with Crippen molar-refractivity contribution >= 4 is 5.69 Å². The van der Waals surface area contributed by atoms with Crippen molar-refractivity contribution in [1.29, 1.82) is 10.5 Å². The van der Waals surface area contributed by atoms with Crippen LogP contribution in [0.25, 0.3) is 0 Å². The molecule has 0 spiro atoms. The molecule has 0 bridgehead atoms. The molecule has 0 saturated carbocycles. The quantitative estimate of drug-likeness (QED) is 0.924. The third-order valence-electron chi connectivity index (χ3n) is 3.04. The second kappa shape index (κ2) is 5.86. The number of rotatable bonds is 3. The molecule has 0 amide bonds. The SMILES string of the molecule is Cc1cc(C#N)ccc1CNc1ccc(F)c(C#N)c1. The topological polar surface area (TPSA) is 59.6 Å². The van der Waals surface area contributed by atoms with Crippen molar-refractivity contribution in [3.05, 3.63) is 64.5 Å². The van der Waals surface area contributed by atoms with Gasteiger partial charge in [0.1, 0.15) is 11.9 Å². The maximum Gasteiger partial charge on any atom is 0.141 e. The molecule has 20 heavy (non-hydrogen) atoms. The lowest BCUT2D eigenvalue weighted by Crippen LogP contribution is -2.02. The molecular formula is C16H12FN3. The molecule has 3 nitrogen and oxygen atoms in total. The van der Waals surface area contributed by atoms with Gasteiger partial charge in [-0.1, -0.05) is 6.07 Å². The van der Waals surface area contributed by atoms with Crippen LogP contribution in [0.1, 0.15) is 22.3 Å². The van der Waals surface area contributed by atoms with Gasteiger partial charge in [-0.25, -0.2) is 4.39 Å². The summed E-state index contributed by atoms with van der Waals surface area (Å²) in [7, 11) is 0. The number of nitriles is 2. The minimum atomic E-state index is -0.521. The van der Waals surface area contributed by atoms with E-state index in [4.69, 9.17) is 10.5 Å². The minimum absolute atomic E-state index is 0.0200. The van der Waals surface area contributed by atoms with E-state index in [9.17, 15) is 4.39 Å². The molecule has 0 aromatic heterocycles. The summed E-state index contributed by atoms with van der Waals surface area (Å²) in [5.74, 6) is -0.521. The number of hydrogen-bond donors (Lipinski definition) is 1. The molecule has 2 rings (SSSR count). The van der Waals surface area contributed by atoms with Crippen molar-refractivity contribution < 1.29 is 4.39 Å².